The number of para-hydroxylation sites is 1. The molecule has 2 aliphatic heterocycles. The van der Waals surface area contributed by atoms with Crippen LogP contribution in [0.4, 0.5) is 5.69 Å². The number of nitrogens with one attached hydrogen (secondary N) is 1. The third-order valence-corrected chi connectivity index (χ3v) is 8.63. The van der Waals surface area contributed by atoms with E-state index in [-0.39, 0.29) is 17.7 Å². The minimum atomic E-state index is -0.174. The van der Waals surface area contributed by atoms with Gasteiger partial charge in [0.1, 0.15) is 5.75 Å². The smallest absolute Gasteiger partial charge is 0.229 e. The summed E-state index contributed by atoms with van der Waals surface area (Å²) in [5, 5.41) is 3.08. The largest absolute Gasteiger partial charge is 0.493 e. The first kappa shape index (κ1) is 22.1. The van der Waals surface area contributed by atoms with Crippen molar-refractivity contribution in [2.45, 2.75) is 23.8 Å². The summed E-state index contributed by atoms with van der Waals surface area (Å²) in [6.45, 7) is 1.53. The van der Waals surface area contributed by atoms with E-state index in [1.165, 1.54) is 17.1 Å². The summed E-state index contributed by atoms with van der Waals surface area (Å²) < 4.78 is 6.10. The highest BCUT2D eigenvalue weighted by Gasteiger charge is 2.28. The number of benzene rings is 2. The van der Waals surface area contributed by atoms with E-state index in [4.69, 9.17) is 4.74 Å². The molecule has 0 spiro atoms. The number of carbonyl (C=O) groups is 2. The number of anilines is 1. The zero-order valence-electron chi connectivity index (χ0n) is 17.5. The Balaban J connectivity index is 1.27. The van der Waals surface area contributed by atoms with Gasteiger partial charge in [-0.15, -0.1) is 23.5 Å². The van der Waals surface area contributed by atoms with Crippen LogP contribution in [-0.4, -0.2) is 47.9 Å². The number of likely N-dealkylation sites (tertiary alicyclic amines) is 1. The summed E-state index contributed by atoms with van der Waals surface area (Å²) in [7, 11) is 0. The Bertz CT molecular complexity index is 887. The first-order valence-electron chi connectivity index (χ1n) is 10.8. The van der Waals surface area contributed by atoms with Crippen molar-refractivity contribution in [3.8, 4) is 5.75 Å². The molecule has 2 aromatic rings. The normalized spacial score (nSPS) is 19.2. The van der Waals surface area contributed by atoms with Crippen molar-refractivity contribution in [1.29, 1.82) is 0 Å². The van der Waals surface area contributed by atoms with Crippen LogP contribution in [0.25, 0.3) is 0 Å². The Labute approximate surface area is 192 Å². The van der Waals surface area contributed by atoms with Crippen LogP contribution >= 0.6 is 23.5 Å². The van der Waals surface area contributed by atoms with Crippen molar-refractivity contribution in [1.82, 2.24) is 4.90 Å². The van der Waals surface area contributed by atoms with Gasteiger partial charge in [0.25, 0.3) is 0 Å². The summed E-state index contributed by atoms with van der Waals surface area (Å²) in [6.07, 6.45) is 1.98. The van der Waals surface area contributed by atoms with Crippen LogP contribution in [0.3, 0.4) is 0 Å². The molecule has 0 aromatic heterocycles. The summed E-state index contributed by atoms with van der Waals surface area (Å²) in [4.78, 5) is 27.3. The molecule has 0 radical (unpaired) electrons. The van der Waals surface area contributed by atoms with Gasteiger partial charge in [-0.05, 0) is 42.7 Å². The van der Waals surface area contributed by atoms with E-state index in [0.29, 0.717) is 30.7 Å². The van der Waals surface area contributed by atoms with Gasteiger partial charge in [-0.1, -0.05) is 30.3 Å². The first-order valence-corrected chi connectivity index (χ1v) is 12.9. The zero-order chi connectivity index (χ0) is 21.5. The molecular formula is C24H28N2O3S2. The van der Waals surface area contributed by atoms with E-state index < -0.39 is 0 Å². The maximum Gasteiger partial charge on any atom is 0.229 e. The number of hydrogen-bond donors (Lipinski definition) is 1. The van der Waals surface area contributed by atoms with Gasteiger partial charge in [-0.2, -0.15) is 0 Å². The number of rotatable bonds is 7. The molecule has 0 saturated carbocycles. The van der Waals surface area contributed by atoms with Gasteiger partial charge < -0.3 is 15.0 Å². The number of thioether (sulfide) groups is 2. The molecule has 4 rings (SSSR count). The molecule has 2 fully saturated rings. The molecule has 5 nitrogen and oxygen atoms in total. The second-order valence-electron chi connectivity index (χ2n) is 7.78. The molecule has 31 heavy (non-hydrogen) atoms. The van der Waals surface area contributed by atoms with Crippen molar-refractivity contribution in [3.63, 3.8) is 0 Å². The quantitative estimate of drug-likeness (QED) is 0.648. The average Bonchev–Trinajstić information content (AvgIpc) is 3.35. The Kier molecular flexibility index (Phi) is 7.81. The van der Waals surface area contributed by atoms with Gasteiger partial charge >= 0.3 is 0 Å². The van der Waals surface area contributed by atoms with Crippen LogP contribution in [0.5, 0.6) is 5.75 Å². The van der Waals surface area contributed by atoms with Crippen molar-refractivity contribution in [2.75, 3.05) is 36.5 Å². The maximum absolute atomic E-state index is 12.9. The third-order valence-electron chi connectivity index (χ3n) is 5.52. The predicted molar refractivity (Wildman–Crippen MR) is 129 cm³/mol. The molecule has 2 aromatic carbocycles. The van der Waals surface area contributed by atoms with E-state index in [1.54, 1.807) is 0 Å². The molecule has 1 N–H and O–H groups in total. The number of nitrogens with zero attached hydrogens (tertiary/aromatic N) is 1. The Morgan fingerprint density at radius 2 is 1.87 bits per heavy atom. The van der Waals surface area contributed by atoms with E-state index in [1.807, 2.05) is 70.9 Å². The predicted octanol–water partition coefficient (Wildman–Crippen LogP) is 4.81. The lowest BCUT2D eigenvalue weighted by Gasteiger charge is -2.32. The number of hydrogen-bond acceptors (Lipinski definition) is 5. The summed E-state index contributed by atoms with van der Waals surface area (Å²) in [5.74, 6) is 2.99. The molecule has 7 heteroatoms. The van der Waals surface area contributed by atoms with Gasteiger partial charge in [0.15, 0.2) is 0 Å². The van der Waals surface area contributed by atoms with Gasteiger partial charge in [0, 0.05) is 30.3 Å². The fourth-order valence-electron chi connectivity index (χ4n) is 3.91. The summed E-state index contributed by atoms with van der Waals surface area (Å²) >= 11 is 3.91. The van der Waals surface area contributed by atoms with Gasteiger partial charge in [0.05, 0.1) is 23.5 Å². The fraction of sp³-hybridized carbons (Fsp3) is 0.417. The van der Waals surface area contributed by atoms with Crippen LogP contribution in [-0.2, 0) is 9.59 Å². The third kappa shape index (κ3) is 6.20. The van der Waals surface area contributed by atoms with Crippen molar-refractivity contribution in [3.05, 3.63) is 60.2 Å². The van der Waals surface area contributed by atoms with Crippen LogP contribution in [0.2, 0.25) is 0 Å². The van der Waals surface area contributed by atoms with Crippen molar-refractivity contribution in [2.24, 2.45) is 5.92 Å². The Morgan fingerprint density at radius 1 is 1.06 bits per heavy atom. The highest BCUT2D eigenvalue weighted by Crippen LogP contribution is 2.45. The molecule has 1 unspecified atom stereocenters. The van der Waals surface area contributed by atoms with Crippen LogP contribution in [0.1, 0.15) is 29.4 Å². The number of carbonyl (C=O) groups excluding carboxylic acids is 2. The lowest BCUT2D eigenvalue weighted by atomic mass is 9.96. The lowest BCUT2D eigenvalue weighted by Crippen LogP contribution is -2.44. The molecule has 0 bridgehead atoms. The van der Waals surface area contributed by atoms with E-state index in [9.17, 15) is 9.59 Å². The molecular weight excluding hydrogens is 428 g/mol. The zero-order valence-corrected chi connectivity index (χ0v) is 19.1. The molecule has 2 saturated heterocycles. The molecule has 2 aliphatic rings. The fourth-order valence-corrected chi connectivity index (χ4v) is 6.75. The van der Waals surface area contributed by atoms with Gasteiger partial charge in [-0.25, -0.2) is 0 Å². The highest BCUT2D eigenvalue weighted by atomic mass is 32.2. The topological polar surface area (TPSA) is 58.6 Å². The average molecular weight is 457 g/mol. The van der Waals surface area contributed by atoms with Crippen LogP contribution < -0.4 is 10.1 Å². The molecule has 2 amide bonds. The first-order chi connectivity index (χ1) is 15.2. The standard InChI is InChI=1S/C24H28N2O3S2/c27-22(11-13-29-21-9-2-1-3-10-21)26-12-5-7-19(17-26)23(28)25-20-8-4-6-18(16-20)24-30-14-15-31-24/h1-4,6,8-10,16,19,24H,5,7,11-15,17H2,(H,25,28). The van der Waals surface area contributed by atoms with E-state index in [0.717, 1.165) is 24.3 Å². The van der Waals surface area contributed by atoms with Crippen LogP contribution in [0, 0.1) is 5.92 Å². The van der Waals surface area contributed by atoms with Gasteiger partial charge in [0.2, 0.25) is 11.8 Å². The second-order valence-corrected chi connectivity index (χ2v) is 10.5. The minimum Gasteiger partial charge on any atom is -0.493 e. The van der Waals surface area contributed by atoms with E-state index in [2.05, 4.69) is 17.4 Å². The van der Waals surface area contributed by atoms with Crippen molar-refractivity contribution < 1.29 is 14.3 Å². The summed E-state index contributed by atoms with van der Waals surface area (Å²) in [6, 6.07) is 17.7. The highest BCUT2D eigenvalue weighted by molar-refractivity contribution is 8.19. The monoisotopic (exact) mass is 456 g/mol. The summed E-state index contributed by atoms with van der Waals surface area (Å²) in [5.41, 5.74) is 2.10. The molecule has 164 valence electrons. The number of piperidine rings is 1. The van der Waals surface area contributed by atoms with E-state index >= 15 is 0 Å². The van der Waals surface area contributed by atoms with Crippen LogP contribution in [0.15, 0.2) is 54.6 Å². The Hall–Kier alpha value is -2.12. The minimum absolute atomic E-state index is 0.00177. The maximum atomic E-state index is 12.9. The molecule has 0 aliphatic carbocycles. The lowest BCUT2D eigenvalue weighted by molar-refractivity contribution is -0.135. The number of ether oxygens (including phenoxy) is 1. The van der Waals surface area contributed by atoms with Gasteiger partial charge in [-0.3, -0.25) is 9.59 Å². The molecule has 2 heterocycles. The second kappa shape index (κ2) is 11.0. The number of amides is 2. The molecule has 1 atom stereocenters. The van der Waals surface area contributed by atoms with Crippen molar-refractivity contribution >= 4 is 41.0 Å². The Morgan fingerprint density at radius 3 is 2.68 bits per heavy atom. The SMILES string of the molecule is O=C(Nc1cccc(C2SCCS2)c1)C1CCCN(C(=O)CCOc2ccccc2)C1.